The summed E-state index contributed by atoms with van der Waals surface area (Å²) in [6.45, 7) is 8.34. The van der Waals surface area contributed by atoms with Gasteiger partial charge in [0.05, 0.1) is 11.4 Å². The monoisotopic (exact) mass is 238 g/mol. The molecule has 0 amide bonds. The summed E-state index contributed by atoms with van der Waals surface area (Å²) < 4.78 is 6.94. The van der Waals surface area contributed by atoms with Crippen LogP contribution in [0.15, 0.2) is 12.3 Å². The van der Waals surface area contributed by atoms with Gasteiger partial charge in [0.1, 0.15) is 6.73 Å². The average Bonchev–Trinajstić information content (AvgIpc) is 2.59. The molecule has 4 nitrogen and oxygen atoms in total. The molecule has 1 heterocycles. The third-order valence-corrected chi connectivity index (χ3v) is 2.40. The van der Waals surface area contributed by atoms with E-state index >= 15 is 0 Å². The maximum Gasteiger partial charge on any atom is 0.181 e. The van der Waals surface area contributed by atoms with Crippen molar-refractivity contribution < 1.29 is 9.53 Å². The van der Waals surface area contributed by atoms with Crippen LogP contribution >= 0.6 is 0 Å². The molecule has 1 rings (SSSR count). The lowest BCUT2D eigenvalue weighted by Crippen LogP contribution is -2.14. The highest BCUT2D eigenvalue weighted by molar-refractivity contribution is 5.97. The van der Waals surface area contributed by atoms with Crippen molar-refractivity contribution in [3.05, 3.63) is 18.0 Å². The number of nitrogens with one attached hydrogen (secondary N) is 1. The van der Waals surface area contributed by atoms with E-state index in [9.17, 15) is 4.79 Å². The molecule has 0 aliphatic rings. The van der Waals surface area contributed by atoms with E-state index in [0.29, 0.717) is 18.5 Å². The van der Waals surface area contributed by atoms with Gasteiger partial charge in [-0.05, 0) is 19.9 Å². The maximum absolute atomic E-state index is 12.0. The zero-order chi connectivity index (χ0) is 13.0. The standard InChI is InChI=1S/C13H22N2O2/c1-9(2)13(16)12-6-11(14-10(3)4)7-15(12)8-17-5/h6-7,9-10,14H,8H2,1-5H3. The average molecular weight is 238 g/mol. The quantitative estimate of drug-likeness (QED) is 0.775. The number of anilines is 1. The van der Waals surface area contributed by atoms with Crippen molar-refractivity contribution in [2.45, 2.75) is 40.5 Å². The van der Waals surface area contributed by atoms with Gasteiger partial charge in [-0.2, -0.15) is 0 Å². The van der Waals surface area contributed by atoms with Gasteiger partial charge in [-0.15, -0.1) is 0 Å². The van der Waals surface area contributed by atoms with E-state index in [1.54, 1.807) is 7.11 Å². The van der Waals surface area contributed by atoms with Crippen molar-refractivity contribution >= 4 is 11.5 Å². The van der Waals surface area contributed by atoms with E-state index in [-0.39, 0.29) is 11.7 Å². The Balaban J connectivity index is 3.00. The van der Waals surface area contributed by atoms with Gasteiger partial charge in [-0.3, -0.25) is 4.79 Å². The molecule has 0 radical (unpaired) electrons. The van der Waals surface area contributed by atoms with Crippen LogP contribution in [-0.2, 0) is 11.5 Å². The number of Topliss-reactive ketones (excluding diaryl/α,β-unsaturated/α-hetero) is 1. The van der Waals surface area contributed by atoms with Gasteiger partial charge in [0.2, 0.25) is 0 Å². The molecule has 0 fully saturated rings. The van der Waals surface area contributed by atoms with Gasteiger partial charge in [-0.25, -0.2) is 0 Å². The van der Waals surface area contributed by atoms with Crippen LogP contribution in [0.25, 0.3) is 0 Å². The van der Waals surface area contributed by atoms with Crippen molar-refractivity contribution in [1.29, 1.82) is 0 Å². The Kier molecular flexibility index (Phi) is 4.75. The fraction of sp³-hybridized carbons (Fsp3) is 0.615. The molecular formula is C13H22N2O2. The lowest BCUT2D eigenvalue weighted by molar-refractivity contribution is 0.0899. The zero-order valence-electron chi connectivity index (χ0n) is 11.3. The highest BCUT2D eigenvalue weighted by atomic mass is 16.5. The van der Waals surface area contributed by atoms with E-state index in [4.69, 9.17) is 4.74 Å². The van der Waals surface area contributed by atoms with Crippen LogP contribution in [0.3, 0.4) is 0 Å². The lowest BCUT2D eigenvalue weighted by atomic mass is 10.1. The number of ketones is 1. The van der Waals surface area contributed by atoms with Crippen molar-refractivity contribution in [3.8, 4) is 0 Å². The number of hydrogen-bond acceptors (Lipinski definition) is 3. The van der Waals surface area contributed by atoms with Gasteiger partial charge in [0, 0.05) is 25.3 Å². The second-order valence-corrected chi connectivity index (χ2v) is 4.82. The maximum atomic E-state index is 12.0. The summed E-state index contributed by atoms with van der Waals surface area (Å²) in [5.74, 6) is 0.131. The third-order valence-electron chi connectivity index (χ3n) is 2.40. The van der Waals surface area contributed by atoms with E-state index < -0.39 is 0 Å². The van der Waals surface area contributed by atoms with E-state index in [2.05, 4.69) is 19.2 Å². The van der Waals surface area contributed by atoms with Crippen molar-refractivity contribution in [3.63, 3.8) is 0 Å². The van der Waals surface area contributed by atoms with Gasteiger partial charge in [0.15, 0.2) is 5.78 Å². The van der Waals surface area contributed by atoms with Gasteiger partial charge >= 0.3 is 0 Å². The number of carbonyl (C=O) groups excluding carboxylic acids is 1. The number of hydrogen-bond donors (Lipinski definition) is 1. The molecule has 1 aromatic heterocycles. The van der Waals surface area contributed by atoms with Crippen LogP contribution in [0.5, 0.6) is 0 Å². The number of ether oxygens (including phenoxy) is 1. The van der Waals surface area contributed by atoms with Crippen LogP contribution in [0.2, 0.25) is 0 Å². The van der Waals surface area contributed by atoms with Gasteiger partial charge in [0.25, 0.3) is 0 Å². The first-order valence-corrected chi connectivity index (χ1v) is 5.95. The molecule has 0 spiro atoms. The van der Waals surface area contributed by atoms with Crippen molar-refractivity contribution in [2.75, 3.05) is 12.4 Å². The summed E-state index contributed by atoms with van der Waals surface area (Å²) in [6, 6.07) is 2.23. The second-order valence-electron chi connectivity index (χ2n) is 4.82. The third kappa shape index (κ3) is 3.60. The Morgan fingerprint density at radius 1 is 1.41 bits per heavy atom. The molecule has 0 atom stereocenters. The predicted octanol–water partition coefficient (Wildman–Crippen LogP) is 2.75. The second kappa shape index (κ2) is 5.87. The molecule has 0 saturated heterocycles. The minimum absolute atomic E-state index is 0.00703. The Labute approximate surface area is 103 Å². The fourth-order valence-corrected chi connectivity index (χ4v) is 1.67. The van der Waals surface area contributed by atoms with Gasteiger partial charge in [-0.1, -0.05) is 13.8 Å². The summed E-state index contributed by atoms with van der Waals surface area (Å²) in [6.07, 6.45) is 1.92. The minimum atomic E-state index is -0.00703. The number of carbonyl (C=O) groups is 1. The molecule has 4 heteroatoms. The molecule has 0 aliphatic heterocycles. The molecule has 0 bridgehead atoms. The van der Waals surface area contributed by atoms with Crippen LogP contribution < -0.4 is 5.32 Å². The number of nitrogens with zero attached hydrogens (tertiary/aromatic N) is 1. The predicted molar refractivity (Wildman–Crippen MR) is 69.4 cm³/mol. The Hall–Kier alpha value is -1.29. The smallest absolute Gasteiger partial charge is 0.181 e. The summed E-state index contributed by atoms with van der Waals surface area (Å²) in [7, 11) is 1.62. The topological polar surface area (TPSA) is 43.3 Å². The number of rotatable bonds is 6. The molecule has 17 heavy (non-hydrogen) atoms. The van der Waals surface area contributed by atoms with Crippen molar-refractivity contribution in [2.24, 2.45) is 5.92 Å². The van der Waals surface area contributed by atoms with Crippen molar-refractivity contribution in [1.82, 2.24) is 4.57 Å². The molecule has 0 unspecified atom stereocenters. The summed E-state index contributed by atoms with van der Waals surface area (Å²) in [5.41, 5.74) is 1.66. The summed E-state index contributed by atoms with van der Waals surface area (Å²) >= 11 is 0. The van der Waals surface area contributed by atoms with Crippen LogP contribution in [0.4, 0.5) is 5.69 Å². The molecule has 0 aliphatic carbocycles. The minimum Gasteiger partial charge on any atom is -0.382 e. The van der Waals surface area contributed by atoms with Crippen LogP contribution in [0.1, 0.15) is 38.2 Å². The number of methoxy groups -OCH3 is 1. The van der Waals surface area contributed by atoms with E-state index in [1.807, 2.05) is 30.7 Å². The van der Waals surface area contributed by atoms with E-state index in [1.165, 1.54) is 0 Å². The molecule has 96 valence electrons. The molecular weight excluding hydrogens is 216 g/mol. The number of aromatic nitrogens is 1. The molecule has 1 aromatic rings. The largest absolute Gasteiger partial charge is 0.382 e. The molecule has 0 aromatic carbocycles. The first-order chi connectivity index (χ1) is 7.95. The summed E-state index contributed by atoms with van der Waals surface area (Å²) in [4.78, 5) is 12.0. The Morgan fingerprint density at radius 3 is 2.53 bits per heavy atom. The zero-order valence-corrected chi connectivity index (χ0v) is 11.3. The fourth-order valence-electron chi connectivity index (χ4n) is 1.67. The Bertz CT molecular complexity index is 381. The van der Waals surface area contributed by atoms with E-state index in [0.717, 1.165) is 5.69 Å². The Morgan fingerprint density at radius 2 is 2.06 bits per heavy atom. The summed E-state index contributed by atoms with van der Waals surface area (Å²) in [5, 5.41) is 3.29. The normalized spacial score (nSPS) is 11.2. The molecule has 0 saturated carbocycles. The highest BCUT2D eigenvalue weighted by Crippen LogP contribution is 2.18. The SMILES string of the molecule is COCn1cc(NC(C)C)cc1C(=O)C(C)C. The first kappa shape index (κ1) is 13.8. The van der Waals surface area contributed by atoms with Crippen LogP contribution in [0, 0.1) is 5.92 Å². The molecule has 1 N–H and O–H groups in total. The highest BCUT2D eigenvalue weighted by Gasteiger charge is 2.16. The lowest BCUT2D eigenvalue weighted by Gasteiger charge is -2.08. The van der Waals surface area contributed by atoms with Crippen LogP contribution in [-0.4, -0.2) is 23.5 Å². The first-order valence-electron chi connectivity index (χ1n) is 5.95. The van der Waals surface area contributed by atoms with Gasteiger partial charge < -0.3 is 14.6 Å².